The Morgan fingerprint density at radius 2 is 2.06 bits per heavy atom. The molecule has 0 bridgehead atoms. The second kappa shape index (κ2) is 5.43. The number of hydrogen-bond acceptors (Lipinski definition) is 3. The monoisotopic (exact) mass is 222 g/mol. The van der Waals surface area contributed by atoms with Crippen molar-refractivity contribution in [1.82, 2.24) is 0 Å². The second-order valence-corrected chi connectivity index (χ2v) is 4.21. The molecule has 0 aromatic heterocycles. The molecule has 0 spiro atoms. The lowest BCUT2D eigenvalue weighted by Crippen LogP contribution is -2.38. The standard InChI is InChI=1S/C13H18O3/c1-10-12(7-8-13(14)16-10)15-9-11-5-3-2-4-6-11/h2-6,10,12-14H,7-9H2,1H3/t10-,12+,13?/m1/s1. The van der Waals surface area contributed by atoms with Crippen LogP contribution in [-0.2, 0) is 16.1 Å². The first-order chi connectivity index (χ1) is 7.75. The van der Waals surface area contributed by atoms with Gasteiger partial charge in [-0.15, -0.1) is 0 Å². The van der Waals surface area contributed by atoms with Gasteiger partial charge in [0.05, 0.1) is 18.8 Å². The quantitative estimate of drug-likeness (QED) is 0.851. The predicted molar refractivity (Wildman–Crippen MR) is 60.8 cm³/mol. The Balaban J connectivity index is 1.82. The van der Waals surface area contributed by atoms with Crippen LogP contribution >= 0.6 is 0 Å². The van der Waals surface area contributed by atoms with Crippen molar-refractivity contribution in [3.05, 3.63) is 35.9 Å². The Kier molecular flexibility index (Phi) is 3.93. The van der Waals surface area contributed by atoms with Gasteiger partial charge in [0.15, 0.2) is 6.29 Å². The summed E-state index contributed by atoms with van der Waals surface area (Å²) in [5, 5.41) is 9.30. The minimum atomic E-state index is -0.619. The van der Waals surface area contributed by atoms with E-state index in [4.69, 9.17) is 9.47 Å². The van der Waals surface area contributed by atoms with Crippen molar-refractivity contribution in [3.8, 4) is 0 Å². The minimum Gasteiger partial charge on any atom is -0.371 e. The van der Waals surface area contributed by atoms with E-state index in [1.54, 1.807) is 0 Å². The maximum Gasteiger partial charge on any atom is 0.155 e. The van der Waals surface area contributed by atoms with Crippen LogP contribution in [0.3, 0.4) is 0 Å². The molecule has 1 aromatic rings. The first-order valence-electron chi connectivity index (χ1n) is 5.75. The molecule has 1 aliphatic rings. The number of aliphatic hydroxyl groups excluding tert-OH is 1. The van der Waals surface area contributed by atoms with E-state index >= 15 is 0 Å². The summed E-state index contributed by atoms with van der Waals surface area (Å²) in [5.74, 6) is 0. The molecule has 88 valence electrons. The molecule has 1 heterocycles. The van der Waals surface area contributed by atoms with Crippen molar-refractivity contribution < 1.29 is 14.6 Å². The van der Waals surface area contributed by atoms with Gasteiger partial charge in [-0.05, 0) is 18.9 Å². The molecular weight excluding hydrogens is 204 g/mol. The summed E-state index contributed by atoms with van der Waals surface area (Å²) in [4.78, 5) is 0. The van der Waals surface area contributed by atoms with Gasteiger partial charge in [0, 0.05) is 6.42 Å². The summed E-state index contributed by atoms with van der Waals surface area (Å²) >= 11 is 0. The zero-order chi connectivity index (χ0) is 11.4. The molecule has 1 aromatic carbocycles. The second-order valence-electron chi connectivity index (χ2n) is 4.21. The van der Waals surface area contributed by atoms with Crippen LogP contribution in [0.4, 0.5) is 0 Å². The molecule has 3 nitrogen and oxygen atoms in total. The maximum absolute atomic E-state index is 9.30. The van der Waals surface area contributed by atoms with Gasteiger partial charge in [-0.1, -0.05) is 30.3 Å². The predicted octanol–water partition coefficient (Wildman–Crippen LogP) is 2.09. The molecule has 3 heteroatoms. The van der Waals surface area contributed by atoms with Crippen LogP contribution in [-0.4, -0.2) is 23.6 Å². The highest BCUT2D eigenvalue weighted by atomic mass is 16.6. The van der Waals surface area contributed by atoms with Gasteiger partial charge in [-0.3, -0.25) is 0 Å². The van der Waals surface area contributed by atoms with E-state index in [9.17, 15) is 5.11 Å². The van der Waals surface area contributed by atoms with Gasteiger partial charge in [0.2, 0.25) is 0 Å². The zero-order valence-corrected chi connectivity index (χ0v) is 9.50. The Bertz CT molecular complexity index is 312. The van der Waals surface area contributed by atoms with Gasteiger partial charge in [-0.25, -0.2) is 0 Å². The fourth-order valence-electron chi connectivity index (χ4n) is 1.94. The molecule has 1 fully saturated rings. The highest BCUT2D eigenvalue weighted by Gasteiger charge is 2.27. The lowest BCUT2D eigenvalue weighted by molar-refractivity contribution is -0.205. The summed E-state index contributed by atoms with van der Waals surface area (Å²) in [6.45, 7) is 2.55. The van der Waals surface area contributed by atoms with E-state index in [0.717, 1.165) is 6.42 Å². The first-order valence-corrected chi connectivity index (χ1v) is 5.75. The number of hydrogen-bond donors (Lipinski definition) is 1. The fourth-order valence-corrected chi connectivity index (χ4v) is 1.94. The van der Waals surface area contributed by atoms with Crippen molar-refractivity contribution in [3.63, 3.8) is 0 Å². The van der Waals surface area contributed by atoms with Crippen LogP contribution in [0.1, 0.15) is 25.3 Å². The van der Waals surface area contributed by atoms with Crippen LogP contribution < -0.4 is 0 Å². The Morgan fingerprint density at radius 3 is 2.75 bits per heavy atom. The van der Waals surface area contributed by atoms with Crippen LogP contribution in [0.5, 0.6) is 0 Å². The molecule has 16 heavy (non-hydrogen) atoms. The molecule has 0 radical (unpaired) electrons. The Labute approximate surface area is 96.0 Å². The van der Waals surface area contributed by atoms with E-state index in [2.05, 4.69) is 0 Å². The third-order valence-corrected chi connectivity index (χ3v) is 2.90. The van der Waals surface area contributed by atoms with E-state index in [0.29, 0.717) is 13.0 Å². The van der Waals surface area contributed by atoms with E-state index in [1.165, 1.54) is 5.56 Å². The van der Waals surface area contributed by atoms with E-state index in [-0.39, 0.29) is 12.2 Å². The zero-order valence-electron chi connectivity index (χ0n) is 9.50. The van der Waals surface area contributed by atoms with Crippen LogP contribution in [0.15, 0.2) is 30.3 Å². The Morgan fingerprint density at radius 1 is 1.31 bits per heavy atom. The summed E-state index contributed by atoms with van der Waals surface area (Å²) in [5.41, 5.74) is 1.17. The summed E-state index contributed by atoms with van der Waals surface area (Å²) < 4.78 is 11.1. The number of aliphatic hydroxyl groups is 1. The molecule has 0 saturated carbocycles. The average Bonchev–Trinajstić information content (AvgIpc) is 2.29. The largest absolute Gasteiger partial charge is 0.371 e. The van der Waals surface area contributed by atoms with Gasteiger partial charge in [0.1, 0.15) is 0 Å². The molecule has 1 saturated heterocycles. The number of rotatable bonds is 3. The highest BCUT2D eigenvalue weighted by molar-refractivity contribution is 5.13. The highest BCUT2D eigenvalue weighted by Crippen LogP contribution is 2.21. The average molecular weight is 222 g/mol. The Hall–Kier alpha value is -0.900. The minimum absolute atomic E-state index is 0.0348. The molecule has 3 atom stereocenters. The number of ether oxygens (including phenoxy) is 2. The lowest BCUT2D eigenvalue weighted by atomic mass is 10.1. The van der Waals surface area contributed by atoms with Gasteiger partial charge >= 0.3 is 0 Å². The van der Waals surface area contributed by atoms with Crippen molar-refractivity contribution in [1.29, 1.82) is 0 Å². The summed E-state index contributed by atoms with van der Waals surface area (Å²) in [6.07, 6.45) is 0.946. The molecule has 1 aliphatic heterocycles. The topological polar surface area (TPSA) is 38.7 Å². The third-order valence-electron chi connectivity index (χ3n) is 2.90. The van der Waals surface area contributed by atoms with Gasteiger partial charge < -0.3 is 14.6 Å². The molecule has 2 rings (SSSR count). The summed E-state index contributed by atoms with van der Waals surface area (Å²) in [7, 11) is 0. The summed E-state index contributed by atoms with van der Waals surface area (Å²) in [6, 6.07) is 10.1. The molecule has 1 unspecified atom stereocenters. The van der Waals surface area contributed by atoms with Crippen LogP contribution in [0.2, 0.25) is 0 Å². The van der Waals surface area contributed by atoms with Crippen molar-refractivity contribution in [2.24, 2.45) is 0 Å². The molecule has 0 amide bonds. The fraction of sp³-hybridized carbons (Fsp3) is 0.538. The normalized spacial score (nSPS) is 30.2. The van der Waals surface area contributed by atoms with Crippen molar-refractivity contribution in [2.75, 3.05) is 0 Å². The van der Waals surface area contributed by atoms with E-state index in [1.807, 2.05) is 37.3 Å². The SMILES string of the molecule is C[C@H]1OC(O)CC[C@@H]1OCc1ccccc1. The van der Waals surface area contributed by atoms with Crippen molar-refractivity contribution in [2.45, 2.75) is 44.9 Å². The molecular formula is C13H18O3. The van der Waals surface area contributed by atoms with Crippen LogP contribution in [0.25, 0.3) is 0 Å². The number of benzene rings is 1. The van der Waals surface area contributed by atoms with Crippen LogP contribution in [0, 0.1) is 0 Å². The van der Waals surface area contributed by atoms with Crippen molar-refractivity contribution >= 4 is 0 Å². The van der Waals surface area contributed by atoms with Gasteiger partial charge in [0.25, 0.3) is 0 Å². The third kappa shape index (κ3) is 3.04. The maximum atomic E-state index is 9.30. The lowest BCUT2D eigenvalue weighted by Gasteiger charge is -2.32. The smallest absolute Gasteiger partial charge is 0.155 e. The van der Waals surface area contributed by atoms with E-state index < -0.39 is 6.29 Å². The van der Waals surface area contributed by atoms with Gasteiger partial charge in [-0.2, -0.15) is 0 Å². The first kappa shape index (κ1) is 11.6. The molecule has 0 aliphatic carbocycles. The molecule has 1 N–H and O–H groups in total.